The normalized spacial score (nSPS) is 11.3. The van der Waals surface area contributed by atoms with E-state index in [9.17, 15) is 4.79 Å². The summed E-state index contributed by atoms with van der Waals surface area (Å²) in [5.74, 6) is 0.611. The molecule has 2 aromatic heterocycles. The lowest BCUT2D eigenvalue weighted by molar-refractivity contribution is 0.392. The molecule has 0 amide bonds. The number of rotatable bonds is 4. The third-order valence-corrected chi connectivity index (χ3v) is 4.76. The third kappa shape index (κ3) is 2.00. The molecule has 0 fully saturated rings. The van der Waals surface area contributed by atoms with Crippen LogP contribution in [-0.2, 0) is 6.42 Å². The third-order valence-electron chi connectivity index (χ3n) is 3.59. The van der Waals surface area contributed by atoms with Gasteiger partial charge in [0.05, 0.1) is 7.11 Å². The Labute approximate surface area is 121 Å². The monoisotopic (exact) mass is 287 g/mol. The van der Waals surface area contributed by atoms with E-state index in [1.54, 1.807) is 18.4 Å². The Hall–Kier alpha value is -1.81. The van der Waals surface area contributed by atoms with E-state index < -0.39 is 0 Å². The Kier molecular flexibility index (Phi) is 3.49. The Morgan fingerprint density at radius 2 is 2.10 bits per heavy atom. The van der Waals surface area contributed by atoms with Crippen LogP contribution in [0.5, 0.6) is 5.88 Å². The van der Waals surface area contributed by atoms with Gasteiger partial charge in [0.25, 0.3) is 5.56 Å². The second kappa shape index (κ2) is 5.29. The predicted molar refractivity (Wildman–Crippen MR) is 85.1 cm³/mol. The first-order chi connectivity index (χ1) is 9.76. The number of thiophene rings is 1. The zero-order chi connectivity index (χ0) is 14.1. The van der Waals surface area contributed by atoms with Crippen LogP contribution >= 0.6 is 11.3 Å². The van der Waals surface area contributed by atoms with E-state index in [1.165, 1.54) is 0 Å². The summed E-state index contributed by atoms with van der Waals surface area (Å²) < 4.78 is 7.35. The van der Waals surface area contributed by atoms with E-state index in [4.69, 9.17) is 4.74 Å². The Morgan fingerprint density at radius 3 is 2.85 bits per heavy atom. The van der Waals surface area contributed by atoms with Crippen LogP contribution in [0.1, 0.15) is 25.3 Å². The molecule has 0 saturated heterocycles. The number of H-pyrrole nitrogens is 1. The standard InChI is InChI=1S/C16H17NO2S/c1-3-4-7-11-13-10-8-5-6-9-12(10)20-14(13)15(18)17-16(11)19-2/h5-6,8-9H,3-4,7H2,1-2H3,(H,17,18). The summed E-state index contributed by atoms with van der Waals surface area (Å²) in [4.78, 5) is 15.1. The summed E-state index contributed by atoms with van der Waals surface area (Å²) >= 11 is 1.56. The van der Waals surface area contributed by atoms with Crippen LogP contribution in [0.4, 0.5) is 0 Å². The summed E-state index contributed by atoms with van der Waals surface area (Å²) in [5, 5.41) is 2.22. The molecule has 1 aromatic carbocycles. The Morgan fingerprint density at radius 1 is 1.30 bits per heavy atom. The highest BCUT2D eigenvalue weighted by Gasteiger charge is 2.16. The number of unbranched alkanes of at least 4 members (excludes halogenated alkanes) is 1. The van der Waals surface area contributed by atoms with E-state index >= 15 is 0 Å². The average Bonchev–Trinajstić information content (AvgIpc) is 2.86. The highest BCUT2D eigenvalue weighted by molar-refractivity contribution is 7.25. The predicted octanol–water partition coefficient (Wildman–Crippen LogP) is 4.09. The summed E-state index contributed by atoms with van der Waals surface area (Å²) in [6.45, 7) is 2.17. The summed E-state index contributed by atoms with van der Waals surface area (Å²) in [7, 11) is 1.61. The van der Waals surface area contributed by atoms with Crippen molar-refractivity contribution in [2.75, 3.05) is 7.11 Å². The van der Waals surface area contributed by atoms with E-state index in [0.717, 1.165) is 45.0 Å². The van der Waals surface area contributed by atoms with Crippen molar-refractivity contribution in [1.82, 2.24) is 4.98 Å². The van der Waals surface area contributed by atoms with Crippen LogP contribution in [0.3, 0.4) is 0 Å². The van der Waals surface area contributed by atoms with Crippen LogP contribution in [0, 0.1) is 0 Å². The van der Waals surface area contributed by atoms with Crippen molar-refractivity contribution in [2.24, 2.45) is 0 Å². The molecule has 0 aliphatic rings. The van der Waals surface area contributed by atoms with Gasteiger partial charge in [-0.15, -0.1) is 11.3 Å². The maximum absolute atomic E-state index is 12.2. The van der Waals surface area contributed by atoms with Crippen molar-refractivity contribution < 1.29 is 4.74 Å². The quantitative estimate of drug-likeness (QED) is 0.785. The number of hydrogen-bond acceptors (Lipinski definition) is 3. The van der Waals surface area contributed by atoms with Gasteiger partial charge in [0.2, 0.25) is 0 Å². The van der Waals surface area contributed by atoms with Crippen LogP contribution in [-0.4, -0.2) is 12.1 Å². The molecular formula is C16H17NO2S. The molecule has 0 aliphatic heterocycles. The minimum atomic E-state index is -0.0571. The minimum Gasteiger partial charge on any atom is -0.482 e. The number of hydrogen-bond donors (Lipinski definition) is 1. The molecule has 0 unspecified atom stereocenters. The molecule has 0 bridgehead atoms. The van der Waals surface area contributed by atoms with Crippen molar-refractivity contribution in [3.05, 3.63) is 40.2 Å². The maximum atomic E-state index is 12.2. The molecule has 3 nitrogen and oxygen atoms in total. The van der Waals surface area contributed by atoms with E-state index in [0.29, 0.717) is 5.88 Å². The SMILES string of the molecule is CCCCc1c(OC)[nH]c(=O)c2sc3ccccc3c12. The van der Waals surface area contributed by atoms with Gasteiger partial charge in [0.1, 0.15) is 4.70 Å². The van der Waals surface area contributed by atoms with Crippen LogP contribution in [0.25, 0.3) is 20.2 Å². The fourth-order valence-corrected chi connectivity index (χ4v) is 3.75. The van der Waals surface area contributed by atoms with Gasteiger partial charge in [-0.3, -0.25) is 9.78 Å². The number of nitrogens with one attached hydrogen (secondary N) is 1. The van der Waals surface area contributed by atoms with E-state index in [-0.39, 0.29) is 5.56 Å². The lowest BCUT2D eigenvalue weighted by Gasteiger charge is -2.09. The van der Waals surface area contributed by atoms with Gasteiger partial charge in [-0.25, -0.2) is 0 Å². The van der Waals surface area contributed by atoms with Crippen LogP contribution < -0.4 is 10.3 Å². The molecular weight excluding hydrogens is 270 g/mol. The summed E-state index contributed by atoms with van der Waals surface area (Å²) in [6, 6.07) is 8.18. The number of pyridine rings is 1. The number of fused-ring (bicyclic) bond motifs is 3. The molecule has 0 saturated carbocycles. The number of aryl methyl sites for hydroxylation is 1. The van der Waals surface area contributed by atoms with Crippen molar-refractivity contribution >= 4 is 31.5 Å². The van der Waals surface area contributed by atoms with Gasteiger partial charge in [0, 0.05) is 21.0 Å². The van der Waals surface area contributed by atoms with E-state index in [2.05, 4.69) is 24.0 Å². The van der Waals surface area contributed by atoms with Crippen molar-refractivity contribution in [3.8, 4) is 5.88 Å². The number of methoxy groups -OCH3 is 1. The number of ether oxygens (including phenoxy) is 1. The second-order valence-corrected chi connectivity index (χ2v) is 5.92. The zero-order valence-corrected chi connectivity index (χ0v) is 12.5. The van der Waals surface area contributed by atoms with Crippen molar-refractivity contribution in [1.29, 1.82) is 0 Å². The first-order valence-electron chi connectivity index (χ1n) is 6.86. The van der Waals surface area contributed by atoms with Gasteiger partial charge in [-0.1, -0.05) is 31.5 Å². The zero-order valence-electron chi connectivity index (χ0n) is 11.7. The highest BCUT2D eigenvalue weighted by Crippen LogP contribution is 2.36. The fraction of sp³-hybridized carbons (Fsp3) is 0.312. The largest absolute Gasteiger partial charge is 0.482 e. The molecule has 1 N–H and O–H groups in total. The minimum absolute atomic E-state index is 0.0571. The second-order valence-electron chi connectivity index (χ2n) is 4.87. The molecule has 104 valence electrons. The van der Waals surface area contributed by atoms with Gasteiger partial charge in [0.15, 0.2) is 5.88 Å². The van der Waals surface area contributed by atoms with Crippen LogP contribution in [0.15, 0.2) is 29.1 Å². The van der Waals surface area contributed by atoms with Crippen LogP contribution in [0.2, 0.25) is 0 Å². The molecule has 4 heteroatoms. The molecule has 3 aromatic rings. The lowest BCUT2D eigenvalue weighted by atomic mass is 10.0. The molecule has 2 heterocycles. The number of benzene rings is 1. The Bertz CT molecular complexity index is 816. The van der Waals surface area contributed by atoms with E-state index in [1.807, 2.05) is 12.1 Å². The average molecular weight is 287 g/mol. The van der Waals surface area contributed by atoms with Gasteiger partial charge >= 0.3 is 0 Å². The molecule has 0 radical (unpaired) electrons. The number of aromatic nitrogens is 1. The Balaban J connectivity index is 2.42. The van der Waals surface area contributed by atoms with Gasteiger partial charge in [-0.05, 0) is 18.9 Å². The first kappa shape index (κ1) is 13.2. The summed E-state index contributed by atoms with van der Waals surface area (Å²) in [5.41, 5.74) is 1.07. The maximum Gasteiger partial charge on any atom is 0.268 e. The van der Waals surface area contributed by atoms with Crippen molar-refractivity contribution in [2.45, 2.75) is 26.2 Å². The number of aromatic amines is 1. The highest BCUT2D eigenvalue weighted by atomic mass is 32.1. The molecule has 0 spiro atoms. The topological polar surface area (TPSA) is 42.1 Å². The van der Waals surface area contributed by atoms with Crippen molar-refractivity contribution in [3.63, 3.8) is 0 Å². The fourth-order valence-electron chi connectivity index (χ4n) is 2.62. The molecule has 3 rings (SSSR count). The first-order valence-corrected chi connectivity index (χ1v) is 7.68. The van der Waals surface area contributed by atoms with Gasteiger partial charge in [-0.2, -0.15) is 0 Å². The lowest BCUT2D eigenvalue weighted by Crippen LogP contribution is -2.09. The molecule has 20 heavy (non-hydrogen) atoms. The van der Waals surface area contributed by atoms with Gasteiger partial charge < -0.3 is 4.74 Å². The summed E-state index contributed by atoms with van der Waals surface area (Å²) in [6.07, 6.45) is 3.13. The smallest absolute Gasteiger partial charge is 0.268 e. The molecule has 0 aliphatic carbocycles. The molecule has 0 atom stereocenters.